The first kappa shape index (κ1) is 18.0. The van der Waals surface area contributed by atoms with E-state index in [1.54, 1.807) is 7.11 Å². The molecular formula is C21H24N2O3. The number of hydrogen-bond acceptors (Lipinski definition) is 4. The van der Waals surface area contributed by atoms with Crippen molar-refractivity contribution in [1.29, 1.82) is 0 Å². The van der Waals surface area contributed by atoms with E-state index in [4.69, 9.17) is 9.15 Å². The smallest absolute Gasteiger partial charge is 0.227 e. The summed E-state index contributed by atoms with van der Waals surface area (Å²) in [6.07, 6.45) is 1.26. The molecule has 1 amide bonds. The fraction of sp³-hybridized carbons (Fsp3) is 0.333. The van der Waals surface area contributed by atoms with Gasteiger partial charge in [0.2, 0.25) is 11.8 Å². The van der Waals surface area contributed by atoms with Gasteiger partial charge in [0.1, 0.15) is 11.3 Å². The SMILES string of the molecule is CCCC(=O)Nc1cc(-c2nc3cc(C(C)C)ccc3o2)ccc1OC. The first-order valence-electron chi connectivity index (χ1n) is 8.90. The Morgan fingerprint density at radius 2 is 2.04 bits per heavy atom. The first-order valence-corrected chi connectivity index (χ1v) is 8.90. The minimum absolute atomic E-state index is 0.0397. The van der Waals surface area contributed by atoms with Gasteiger partial charge in [0.05, 0.1) is 12.8 Å². The second-order valence-electron chi connectivity index (χ2n) is 6.61. The molecule has 0 atom stereocenters. The van der Waals surface area contributed by atoms with Crippen LogP contribution in [0.2, 0.25) is 0 Å². The molecule has 0 aliphatic rings. The number of carbonyl (C=O) groups is 1. The molecule has 0 saturated carbocycles. The van der Waals surface area contributed by atoms with Crippen molar-refractivity contribution in [3.05, 3.63) is 42.0 Å². The maximum Gasteiger partial charge on any atom is 0.227 e. The van der Waals surface area contributed by atoms with E-state index in [0.717, 1.165) is 23.1 Å². The third-order valence-corrected chi connectivity index (χ3v) is 4.28. The van der Waals surface area contributed by atoms with Gasteiger partial charge in [-0.3, -0.25) is 4.79 Å². The molecule has 0 fully saturated rings. The number of nitrogens with zero attached hydrogens (tertiary/aromatic N) is 1. The Morgan fingerprint density at radius 1 is 1.23 bits per heavy atom. The molecule has 2 aromatic carbocycles. The van der Waals surface area contributed by atoms with Crippen LogP contribution >= 0.6 is 0 Å². The van der Waals surface area contributed by atoms with Gasteiger partial charge < -0.3 is 14.5 Å². The normalized spacial score (nSPS) is 11.1. The van der Waals surface area contributed by atoms with E-state index in [0.29, 0.717) is 29.7 Å². The Kier molecular flexibility index (Phi) is 5.26. The minimum Gasteiger partial charge on any atom is -0.495 e. The van der Waals surface area contributed by atoms with Gasteiger partial charge in [-0.1, -0.05) is 26.8 Å². The van der Waals surface area contributed by atoms with Gasteiger partial charge >= 0.3 is 0 Å². The highest BCUT2D eigenvalue weighted by Gasteiger charge is 2.14. The third kappa shape index (κ3) is 3.72. The summed E-state index contributed by atoms with van der Waals surface area (Å²) in [6.45, 7) is 6.27. The predicted octanol–water partition coefficient (Wildman–Crippen LogP) is 5.37. The van der Waals surface area contributed by atoms with Crippen LogP contribution in [0.3, 0.4) is 0 Å². The number of nitrogens with one attached hydrogen (secondary N) is 1. The lowest BCUT2D eigenvalue weighted by Crippen LogP contribution is -2.11. The molecular weight excluding hydrogens is 328 g/mol. The van der Waals surface area contributed by atoms with E-state index >= 15 is 0 Å². The zero-order valence-corrected chi connectivity index (χ0v) is 15.6. The number of fused-ring (bicyclic) bond motifs is 1. The lowest BCUT2D eigenvalue weighted by Gasteiger charge is -2.10. The molecule has 3 rings (SSSR count). The Bertz CT molecular complexity index is 928. The van der Waals surface area contributed by atoms with Crippen LogP contribution in [-0.2, 0) is 4.79 Å². The van der Waals surface area contributed by atoms with E-state index in [1.165, 1.54) is 5.56 Å². The van der Waals surface area contributed by atoms with Crippen LogP contribution in [-0.4, -0.2) is 18.0 Å². The van der Waals surface area contributed by atoms with Crippen LogP contribution in [0.15, 0.2) is 40.8 Å². The summed E-state index contributed by atoms with van der Waals surface area (Å²) in [5.41, 5.74) is 4.21. The maximum absolute atomic E-state index is 12.0. The summed E-state index contributed by atoms with van der Waals surface area (Å²) in [6, 6.07) is 11.6. The molecule has 0 aliphatic carbocycles. The van der Waals surface area contributed by atoms with E-state index in [-0.39, 0.29) is 5.91 Å². The summed E-state index contributed by atoms with van der Waals surface area (Å²) in [5, 5.41) is 2.90. The summed E-state index contributed by atoms with van der Waals surface area (Å²) in [5.74, 6) is 1.52. The first-order chi connectivity index (χ1) is 12.5. The number of ether oxygens (including phenoxy) is 1. The zero-order chi connectivity index (χ0) is 18.7. The van der Waals surface area contributed by atoms with E-state index in [2.05, 4.69) is 36.3 Å². The van der Waals surface area contributed by atoms with Crippen molar-refractivity contribution in [2.24, 2.45) is 0 Å². The van der Waals surface area contributed by atoms with Crippen molar-refractivity contribution in [2.75, 3.05) is 12.4 Å². The Hall–Kier alpha value is -2.82. The molecule has 0 radical (unpaired) electrons. The highest BCUT2D eigenvalue weighted by atomic mass is 16.5. The van der Waals surface area contributed by atoms with Crippen molar-refractivity contribution in [1.82, 2.24) is 4.98 Å². The number of carbonyl (C=O) groups excluding carboxylic acids is 1. The van der Waals surface area contributed by atoms with Crippen LogP contribution in [0.4, 0.5) is 5.69 Å². The van der Waals surface area contributed by atoms with Crippen LogP contribution in [0.1, 0.15) is 45.1 Å². The van der Waals surface area contributed by atoms with E-state index in [1.807, 2.05) is 31.2 Å². The molecule has 1 aromatic heterocycles. The lowest BCUT2D eigenvalue weighted by molar-refractivity contribution is -0.116. The standard InChI is InChI=1S/C21H24N2O3/c1-5-6-20(24)22-16-12-15(8-9-18(16)25-4)21-23-17-11-14(13(2)3)7-10-19(17)26-21/h7-13H,5-6H2,1-4H3,(H,22,24). The van der Waals surface area contributed by atoms with Gasteiger partial charge in [0, 0.05) is 12.0 Å². The lowest BCUT2D eigenvalue weighted by atomic mass is 10.0. The quantitative estimate of drug-likeness (QED) is 0.648. The molecule has 26 heavy (non-hydrogen) atoms. The Labute approximate surface area is 153 Å². The van der Waals surface area contributed by atoms with Crippen LogP contribution in [0.25, 0.3) is 22.6 Å². The number of benzene rings is 2. The van der Waals surface area contributed by atoms with Crippen molar-refractivity contribution in [2.45, 2.75) is 39.5 Å². The second-order valence-corrected chi connectivity index (χ2v) is 6.61. The molecule has 3 aromatic rings. The monoisotopic (exact) mass is 352 g/mol. The predicted molar refractivity (Wildman–Crippen MR) is 104 cm³/mol. The molecule has 136 valence electrons. The molecule has 0 saturated heterocycles. The zero-order valence-electron chi connectivity index (χ0n) is 15.6. The van der Waals surface area contributed by atoms with Crippen molar-refractivity contribution in [3.8, 4) is 17.2 Å². The Balaban J connectivity index is 1.98. The average Bonchev–Trinajstić information content (AvgIpc) is 3.05. The molecule has 1 N–H and O–H groups in total. The fourth-order valence-electron chi connectivity index (χ4n) is 2.81. The number of hydrogen-bond donors (Lipinski definition) is 1. The maximum atomic E-state index is 12.0. The molecule has 0 aliphatic heterocycles. The number of anilines is 1. The highest BCUT2D eigenvalue weighted by molar-refractivity contribution is 5.93. The van der Waals surface area contributed by atoms with Gasteiger partial charge in [-0.15, -0.1) is 0 Å². The number of aromatic nitrogens is 1. The fourth-order valence-corrected chi connectivity index (χ4v) is 2.81. The van der Waals surface area contributed by atoms with Gasteiger partial charge in [0.25, 0.3) is 0 Å². The topological polar surface area (TPSA) is 64.4 Å². The van der Waals surface area contributed by atoms with Crippen molar-refractivity contribution >= 4 is 22.7 Å². The van der Waals surface area contributed by atoms with Gasteiger partial charge in [0.15, 0.2) is 5.58 Å². The summed E-state index contributed by atoms with van der Waals surface area (Å²) in [4.78, 5) is 16.6. The van der Waals surface area contributed by atoms with Gasteiger partial charge in [-0.25, -0.2) is 4.98 Å². The average molecular weight is 352 g/mol. The van der Waals surface area contributed by atoms with Crippen LogP contribution in [0, 0.1) is 0 Å². The number of amides is 1. The minimum atomic E-state index is -0.0397. The molecule has 1 heterocycles. The van der Waals surface area contributed by atoms with Crippen molar-refractivity contribution in [3.63, 3.8) is 0 Å². The van der Waals surface area contributed by atoms with Crippen LogP contribution in [0.5, 0.6) is 5.75 Å². The molecule has 0 unspecified atom stereocenters. The number of methoxy groups -OCH3 is 1. The highest BCUT2D eigenvalue weighted by Crippen LogP contribution is 2.32. The summed E-state index contributed by atoms with van der Waals surface area (Å²) < 4.78 is 11.3. The van der Waals surface area contributed by atoms with Crippen molar-refractivity contribution < 1.29 is 13.9 Å². The van der Waals surface area contributed by atoms with E-state index in [9.17, 15) is 4.79 Å². The van der Waals surface area contributed by atoms with Gasteiger partial charge in [-0.2, -0.15) is 0 Å². The molecule has 5 nitrogen and oxygen atoms in total. The largest absolute Gasteiger partial charge is 0.495 e. The number of rotatable bonds is 6. The second kappa shape index (κ2) is 7.60. The third-order valence-electron chi connectivity index (χ3n) is 4.28. The molecule has 0 spiro atoms. The summed E-state index contributed by atoms with van der Waals surface area (Å²) in [7, 11) is 1.58. The molecule has 5 heteroatoms. The van der Waals surface area contributed by atoms with Crippen LogP contribution < -0.4 is 10.1 Å². The molecule has 0 bridgehead atoms. The summed E-state index contributed by atoms with van der Waals surface area (Å²) >= 11 is 0. The van der Waals surface area contributed by atoms with Gasteiger partial charge in [-0.05, 0) is 48.2 Å². The Morgan fingerprint density at radius 3 is 2.73 bits per heavy atom. The van der Waals surface area contributed by atoms with E-state index < -0.39 is 0 Å². The number of oxazole rings is 1.